The third kappa shape index (κ3) is 3.47. The minimum absolute atomic E-state index is 0.107. The molecule has 4 nitrogen and oxygen atoms in total. The van der Waals surface area contributed by atoms with Crippen molar-refractivity contribution in [2.24, 2.45) is 0 Å². The molecule has 1 amide bonds. The van der Waals surface area contributed by atoms with Gasteiger partial charge in [0, 0.05) is 19.6 Å². The van der Waals surface area contributed by atoms with E-state index < -0.39 is 0 Å². The van der Waals surface area contributed by atoms with Gasteiger partial charge in [0.25, 0.3) is 0 Å². The highest BCUT2D eigenvalue weighted by atomic mass is 16.5. The summed E-state index contributed by atoms with van der Waals surface area (Å²) in [5, 5.41) is 6.20. The Morgan fingerprint density at radius 3 is 2.87 bits per heavy atom. The van der Waals surface area contributed by atoms with E-state index in [1.807, 2.05) is 13.8 Å². The number of amides is 1. The molecule has 0 spiro atoms. The summed E-state index contributed by atoms with van der Waals surface area (Å²) in [5.74, 6) is 0.107. The van der Waals surface area contributed by atoms with Crippen molar-refractivity contribution in [2.45, 2.75) is 45.3 Å². The first-order valence-corrected chi connectivity index (χ1v) is 5.72. The summed E-state index contributed by atoms with van der Waals surface area (Å²) >= 11 is 0. The van der Waals surface area contributed by atoms with E-state index in [1.54, 1.807) is 0 Å². The normalized spacial score (nSPS) is 30.5. The van der Waals surface area contributed by atoms with Crippen LogP contribution in [0.4, 0.5) is 0 Å². The van der Waals surface area contributed by atoms with Crippen molar-refractivity contribution in [1.82, 2.24) is 10.6 Å². The lowest BCUT2D eigenvalue weighted by Gasteiger charge is -2.28. The molecule has 4 heteroatoms. The molecule has 0 aromatic carbocycles. The summed E-state index contributed by atoms with van der Waals surface area (Å²) in [6, 6.07) is 0. The summed E-state index contributed by atoms with van der Waals surface area (Å²) < 4.78 is 5.46. The van der Waals surface area contributed by atoms with E-state index in [1.165, 1.54) is 0 Å². The van der Waals surface area contributed by atoms with Gasteiger partial charge in [-0.3, -0.25) is 4.79 Å². The highest BCUT2D eigenvalue weighted by molar-refractivity contribution is 5.77. The van der Waals surface area contributed by atoms with Crippen molar-refractivity contribution in [3.8, 4) is 0 Å². The first-order valence-electron chi connectivity index (χ1n) is 5.72. The van der Waals surface area contributed by atoms with Gasteiger partial charge < -0.3 is 15.4 Å². The minimum atomic E-state index is -0.177. The lowest BCUT2D eigenvalue weighted by molar-refractivity contribution is -0.123. The summed E-state index contributed by atoms with van der Waals surface area (Å²) in [6.45, 7) is 8.49. The molecule has 1 heterocycles. The van der Waals surface area contributed by atoms with Crippen LogP contribution in [0.1, 0.15) is 33.6 Å². The molecule has 1 rings (SSSR count). The van der Waals surface area contributed by atoms with Crippen LogP contribution in [-0.4, -0.2) is 37.2 Å². The molecule has 1 fully saturated rings. The summed E-state index contributed by atoms with van der Waals surface area (Å²) in [6.07, 6.45) is 1.55. The Bertz CT molecular complexity index is 221. The number of rotatable bonds is 5. The van der Waals surface area contributed by atoms with Gasteiger partial charge in [0.15, 0.2) is 0 Å². The van der Waals surface area contributed by atoms with E-state index in [0.29, 0.717) is 6.42 Å². The quantitative estimate of drug-likeness (QED) is 0.661. The minimum Gasteiger partial charge on any atom is -0.376 e. The molecule has 1 aliphatic rings. The van der Waals surface area contributed by atoms with Gasteiger partial charge in [-0.2, -0.15) is 0 Å². The fourth-order valence-corrected chi connectivity index (χ4v) is 1.76. The van der Waals surface area contributed by atoms with E-state index in [4.69, 9.17) is 4.74 Å². The molecule has 2 atom stereocenters. The SMILES string of the molecule is CCNCCC(=O)NC1(C)CCOC1C. The number of carbonyl (C=O) groups excluding carboxylic acids is 1. The van der Waals surface area contributed by atoms with E-state index in [9.17, 15) is 4.79 Å². The van der Waals surface area contributed by atoms with Crippen LogP contribution in [0.25, 0.3) is 0 Å². The second-order valence-corrected chi connectivity index (χ2v) is 4.33. The van der Waals surface area contributed by atoms with Crippen LogP contribution in [0.2, 0.25) is 0 Å². The molecule has 0 saturated carbocycles. The smallest absolute Gasteiger partial charge is 0.221 e. The van der Waals surface area contributed by atoms with Gasteiger partial charge in [0.2, 0.25) is 5.91 Å². The van der Waals surface area contributed by atoms with E-state index in [2.05, 4.69) is 17.6 Å². The lowest BCUT2D eigenvalue weighted by atomic mass is 9.94. The van der Waals surface area contributed by atoms with Gasteiger partial charge in [-0.05, 0) is 26.8 Å². The molecule has 0 radical (unpaired) electrons. The maximum Gasteiger partial charge on any atom is 0.221 e. The highest BCUT2D eigenvalue weighted by Crippen LogP contribution is 2.24. The molecule has 1 aliphatic heterocycles. The molecular formula is C11H22N2O2. The predicted octanol–water partition coefficient (Wildman–Crippen LogP) is 0.670. The third-order valence-electron chi connectivity index (χ3n) is 3.09. The summed E-state index contributed by atoms with van der Waals surface area (Å²) in [7, 11) is 0. The Morgan fingerprint density at radius 2 is 2.33 bits per heavy atom. The van der Waals surface area contributed by atoms with Crippen LogP contribution in [0.5, 0.6) is 0 Å². The Kier molecular flexibility index (Phi) is 4.54. The van der Waals surface area contributed by atoms with Gasteiger partial charge in [0.1, 0.15) is 0 Å². The Hall–Kier alpha value is -0.610. The van der Waals surface area contributed by atoms with Crippen LogP contribution >= 0.6 is 0 Å². The predicted molar refractivity (Wildman–Crippen MR) is 59.7 cm³/mol. The Balaban J connectivity index is 2.30. The topological polar surface area (TPSA) is 50.4 Å². The van der Waals surface area contributed by atoms with E-state index >= 15 is 0 Å². The highest BCUT2D eigenvalue weighted by Gasteiger charge is 2.37. The fourth-order valence-electron chi connectivity index (χ4n) is 1.76. The van der Waals surface area contributed by atoms with Crippen LogP contribution in [-0.2, 0) is 9.53 Å². The van der Waals surface area contributed by atoms with Crippen LogP contribution < -0.4 is 10.6 Å². The maximum atomic E-state index is 11.6. The van der Waals surface area contributed by atoms with Crippen LogP contribution in [0, 0.1) is 0 Å². The molecule has 0 bridgehead atoms. The van der Waals surface area contributed by atoms with E-state index in [-0.39, 0.29) is 17.6 Å². The zero-order valence-corrected chi connectivity index (χ0v) is 9.93. The second kappa shape index (κ2) is 5.47. The number of hydrogen-bond acceptors (Lipinski definition) is 3. The average molecular weight is 214 g/mol. The monoisotopic (exact) mass is 214 g/mol. The Labute approximate surface area is 91.8 Å². The molecule has 0 aromatic heterocycles. The van der Waals surface area contributed by atoms with Crippen molar-refractivity contribution in [2.75, 3.05) is 19.7 Å². The van der Waals surface area contributed by atoms with Crippen molar-refractivity contribution in [1.29, 1.82) is 0 Å². The molecule has 2 unspecified atom stereocenters. The Morgan fingerprint density at radius 1 is 1.60 bits per heavy atom. The number of carbonyl (C=O) groups is 1. The molecule has 88 valence electrons. The number of ether oxygens (including phenoxy) is 1. The van der Waals surface area contributed by atoms with Gasteiger partial charge in [0.05, 0.1) is 11.6 Å². The fraction of sp³-hybridized carbons (Fsp3) is 0.909. The summed E-state index contributed by atoms with van der Waals surface area (Å²) in [5.41, 5.74) is -0.177. The van der Waals surface area contributed by atoms with Gasteiger partial charge in [-0.15, -0.1) is 0 Å². The largest absolute Gasteiger partial charge is 0.376 e. The molecule has 15 heavy (non-hydrogen) atoms. The van der Waals surface area contributed by atoms with Crippen molar-refractivity contribution < 1.29 is 9.53 Å². The van der Waals surface area contributed by atoms with Gasteiger partial charge >= 0.3 is 0 Å². The van der Waals surface area contributed by atoms with Crippen molar-refractivity contribution in [3.05, 3.63) is 0 Å². The van der Waals surface area contributed by atoms with Crippen LogP contribution in [0.3, 0.4) is 0 Å². The number of hydrogen-bond donors (Lipinski definition) is 2. The second-order valence-electron chi connectivity index (χ2n) is 4.33. The first-order chi connectivity index (χ1) is 7.08. The lowest BCUT2D eigenvalue weighted by Crippen LogP contribution is -2.51. The van der Waals surface area contributed by atoms with Gasteiger partial charge in [-0.1, -0.05) is 6.92 Å². The average Bonchev–Trinajstić information content (AvgIpc) is 2.47. The standard InChI is InChI=1S/C11H22N2O2/c1-4-12-7-5-10(14)13-11(3)6-8-15-9(11)2/h9,12H,4-8H2,1-3H3,(H,13,14). The van der Waals surface area contributed by atoms with E-state index in [0.717, 1.165) is 26.1 Å². The van der Waals surface area contributed by atoms with Crippen molar-refractivity contribution >= 4 is 5.91 Å². The third-order valence-corrected chi connectivity index (χ3v) is 3.09. The maximum absolute atomic E-state index is 11.6. The summed E-state index contributed by atoms with van der Waals surface area (Å²) in [4.78, 5) is 11.6. The molecule has 0 aliphatic carbocycles. The van der Waals surface area contributed by atoms with Crippen molar-refractivity contribution in [3.63, 3.8) is 0 Å². The zero-order valence-electron chi connectivity index (χ0n) is 9.93. The zero-order chi connectivity index (χ0) is 11.3. The molecule has 0 aromatic rings. The number of nitrogens with one attached hydrogen (secondary N) is 2. The molecule has 2 N–H and O–H groups in total. The van der Waals surface area contributed by atoms with Gasteiger partial charge in [-0.25, -0.2) is 0 Å². The first kappa shape index (κ1) is 12.5. The molecule has 1 saturated heterocycles. The molecular weight excluding hydrogens is 192 g/mol. The van der Waals surface area contributed by atoms with Crippen LogP contribution in [0.15, 0.2) is 0 Å².